The fourth-order valence-corrected chi connectivity index (χ4v) is 4.32. The molecule has 0 aliphatic rings. The number of nitrogens with zero attached hydrogens (tertiary/aromatic N) is 6. The summed E-state index contributed by atoms with van der Waals surface area (Å²) in [6, 6.07) is 11.8. The molecule has 0 bridgehead atoms. The van der Waals surface area contributed by atoms with Gasteiger partial charge in [0, 0.05) is 46.7 Å². The first-order valence-electron chi connectivity index (χ1n) is 9.01. The van der Waals surface area contributed by atoms with Gasteiger partial charge >= 0.3 is 0 Å². The summed E-state index contributed by atoms with van der Waals surface area (Å²) in [4.78, 5) is 12.9. The van der Waals surface area contributed by atoms with Gasteiger partial charge in [0.2, 0.25) is 0 Å². The third-order valence-electron chi connectivity index (χ3n) is 4.17. The highest BCUT2D eigenvalue weighted by Crippen LogP contribution is 2.36. The molecule has 0 aliphatic carbocycles. The first kappa shape index (κ1) is 20.3. The summed E-state index contributed by atoms with van der Waals surface area (Å²) >= 11 is 7.84. The Morgan fingerprint density at radius 2 is 2.04 bits per heavy atom. The molecule has 2 heterocycles. The van der Waals surface area contributed by atoms with Crippen LogP contribution in [0.1, 0.15) is 36.8 Å². The van der Waals surface area contributed by atoms with Gasteiger partial charge in [0.15, 0.2) is 0 Å². The second-order valence-electron chi connectivity index (χ2n) is 6.58. The maximum Gasteiger partial charge on any atom is 0.110 e. The molecule has 28 heavy (non-hydrogen) atoms. The summed E-state index contributed by atoms with van der Waals surface area (Å²) in [6.07, 6.45) is 4.17. The topological polar surface area (TPSA) is 79.5 Å². The Morgan fingerprint density at radius 1 is 1.25 bits per heavy atom. The zero-order valence-electron chi connectivity index (χ0n) is 15.8. The van der Waals surface area contributed by atoms with Crippen molar-refractivity contribution < 1.29 is 0 Å². The second kappa shape index (κ2) is 9.64. The van der Waals surface area contributed by atoms with Crippen LogP contribution in [0.15, 0.2) is 63.8 Å². The van der Waals surface area contributed by atoms with Crippen LogP contribution < -0.4 is 0 Å². The van der Waals surface area contributed by atoms with Gasteiger partial charge < -0.3 is 4.57 Å². The minimum atomic E-state index is 0.263. The molecule has 0 saturated heterocycles. The van der Waals surface area contributed by atoms with E-state index in [2.05, 4.69) is 33.4 Å². The number of rotatable bonds is 8. The summed E-state index contributed by atoms with van der Waals surface area (Å²) in [7, 11) is 0. The highest BCUT2D eigenvalue weighted by Gasteiger charge is 2.20. The van der Waals surface area contributed by atoms with Crippen molar-refractivity contribution in [3.63, 3.8) is 0 Å². The van der Waals surface area contributed by atoms with Crippen molar-refractivity contribution in [3.8, 4) is 0 Å². The lowest BCUT2D eigenvalue weighted by Gasteiger charge is -2.13. The molecule has 0 N–H and O–H groups in total. The van der Waals surface area contributed by atoms with Gasteiger partial charge in [0.05, 0.1) is 5.69 Å². The SMILES string of the molecule is CC(C)c1nc(CCN=[N+]=[N-])n(Cc2ccncc2)c1Sc1cccc(Cl)c1. The normalized spacial score (nSPS) is 10.9. The van der Waals surface area contributed by atoms with Crippen LogP contribution in [-0.4, -0.2) is 21.1 Å². The number of halogens is 1. The number of aromatic nitrogens is 3. The summed E-state index contributed by atoms with van der Waals surface area (Å²) in [5, 5.41) is 5.48. The van der Waals surface area contributed by atoms with Crippen LogP contribution in [0.4, 0.5) is 0 Å². The number of azide groups is 1. The lowest BCUT2D eigenvalue weighted by Crippen LogP contribution is -2.08. The number of hydrogen-bond donors (Lipinski definition) is 0. The van der Waals surface area contributed by atoms with Crippen molar-refractivity contribution in [1.29, 1.82) is 0 Å². The molecule has 6 nitrogen and oxygen atoms in total. The van der Waals surface area contributed by atoms with Gasteiger partial charge in [-0.3, -0.25) is 4.98 Å². The molecule has 3 aromatic rings. The van der Waals surface area contributed by atoms with Crippen molar-refractivity contribution >= 4 is 23.4 Å². The largest absolute Gasteiger partial charge is 0.318 e. The van der Waals surface area contributed by atoms with Gasteiger partial charge in [-0.15, -0.1) is 0 Å². The Morgan fingerprint density at radius 3 is 2.71 bits per heavy atom. The molecule has 8 heteroatoms. The monoisotopic (exact) mass is 412 g/mol. The van der Waals surface area contributed by atoms with E-state index in [0.717, 1.165) is 27.0 Å². The molecule has 144 valence electrons. The summed E-state index contributed by atoms with van der Waals surface area (Å²) in [5.41, 5.74) is 10.8. The molecule has 0 radical (unpaired) electrons. The number of hydrogen-bond acceptors (Lipinski definition) is 4. The van der Waals surface area contributed by atoms with E-state index in [-0.39, 0.29) is 5.92 Å². The van der Waals surface area contributed by atoms with Crippen molar-refractivity contribution in [2.75, 3.05) is 6.54 Å². The van der Waals surface area contributed by atoms with Gasteiger partial charge in [-0.1, -0.05) is 48.4 Å². The minimum absolute atomic E-state index is 0.263. The molecule has 0 amide bonds. The maximum atomic E-state index is 8.63. The molecule has 0 fully saturated rings. The number of pyridine rings is 1. The van der Waals surface area contributed by atoms with E-state index in [4.69, 9.17) is 22.1 Å². The first-order valence-corrected chi connectivity index (χ1v) is 10.2. The molecule has 0 aliphatic heterocycles. The Hall–Kier alpha value is -2.47. The molecule has 1 aromatic carbocycles. The lowest BCUT2D eigenvalue weighted by molar-refractivity contribution is 0.663. The Labute approximate surface area is 173 Å². The van der Waals surface area contributed by atoms with E-state index < -0.39 is 0 Å². The molecule has 0 atom stereocenters. The maximum absolute atomic E-state index is 8.63. The van der Waals surface area contributed by atoms with Gasteiger partial charge in [-0.25, -0.2) is 4.98 Å². The van der Waals surface area contributed by atoms with Crippen molar-refractivity contribution in [2.24, 2.45) is 5.11 Å². The van der Waals surface area contributed by atoms with E-state index in [9.17, 15) is 0 Å². The van der Waals surface area contributed by atoms with Crippen LogP contribution >= 0.6 is 23.4 Å². The van der Waals surface area contributed by atoms with Crippen LogP contribution in [-0.2, 0) is 13.0 Å². The summed E-state index contributed by atoms with van der Waals surface area (Å²) in [6.45, 7) is 5.33. The summed E-state index contributed by atoms with van der Waals surface area (Å²) in [5.74, 6) is 1.18. The van der Waals surface area contributed by atoms with E-state index in [0.29, 0.717) is 24.5 Å². The quantitative estimate of drug-likeness (QED) is 0.254. The molecular formula is C20H21ClN6S. The highest BCUT2D eigenvalue weighted by molar-refractivity contribution is 7.99. The standard InChI is InChI=1S/C20H21ClN6S/c1-14(2)19-20(28-17-5-3-4-16(21)12-17)27(13-15-6-9-23-10-7-15)18(25-19)8-11-24-26-22/h3-7,9-10,12,14H,8,11,13H2,1-2H3. The van der Waals surface area contributed by atoms with Crippen LogP contribution in [0.25, 0.3) is 10.4 Å². The lowest BCUT2D eigenvalue weighted by atomic mass is 10.1. The Kier molecular flexibility index (Phi) is 6.98. The van der Waals surface area contributed by atoms with Crippen LogP contribution in [0, 0.1) is 0 Å². The van der Waals surface area contributed by atoms with E-state index in [1.54, 1.807) is 24.2 Å². The molecule has 2 aromatic heterocycles. The smallest absolute Gasteiger partial charge is 0.110 e. The van der Waals surface area contributed by atoms with E-state index in [1.807, 2.05) is 36.4 Å². The minimum Gasteiger partial charge on any atom is -0.318 e. The number of imidazole rings is 1. The second-order valence-corrected chi connectivity index (χ2v) is 8.08. The van der Waals surface area contributed by atoms with E-state index >= 15 is 0 Å². The fraction of sp³-hybridized carbons (Fsp3) is 0.300. The molecule has 0 saturated carbocycles. The molecule has 3 rings (SSSR count). The highest BCUT2D eigenvalue weighted by atomic mass is 35.5. The van der Waals surface area contributed by atoms with Gasteiger partial charge in [-0.05, 0) is 47.3 Å². The zero-order valence-corrected chi connectivity index (χ0v) is 17.4. The Balaban J connectivity index is 2.05. The van der Waals surface area contributed by atoms with Crippen molar-refractivity contribution in [1.82, 2.24) is 14.5 Å². The third kappa shape index (κ3) is 5.07. The molecule has 0 spiro atoms. The van der Waals surface area contributed by atoms with Gasteiger partial charge in [-0.2, -0.15) is 0 Å². The molecular weight excluding hydrogens is 392 g/mol. The van der Waals surface area contributed by atoms with Gasteiger partial charge in [0.25, 0.3) is 0 Å². The third-order valence-corrected chi connectivity index (χ3v) is 5.52. The van der Waals surface area contributed by atoms with Crippen molar-refractivity contribution in [3.05, 3.63) is 81.3 Å². The van der Waals surface area contributed by atoms with E-state index in [1.165, 1.54) is 0 Å². The first-order chi connectivity index (χ1) is 13.6. The Bertz CT molecular complexity index is 980. The zero-order chi connectivity index (χ0) is 19.9. The van der Waals surface area contributed by atoms with Gasteiger partial charge in [0.1, 0.15) is 10.9 Å². The predicted molar refractivity (Wildman–Crippen MR) is 113 cm³/mol. The average molecular weight is 413 g/mol. The van der Waals surface area contributed by atoms with Crippen LogP contribution in [0.5, 0.6) is 0 Å². The van der Waals surface area contributed by atoms with Crippen LogP contribution in [0.2, 0.25) is 5.02 Å². The van der Waals surface area contributed by atoms with Crippen LogP contribution in [0.3, 0.4) is 0 Å². The predicted octanol–water partition coefficient (Wildman–Crippen LogP) is 6.11. The van der Waals surface area contributed by atoms with Crippen molar-refractivity contribution in [2.45, 2.75) is 42.7 Å². The summed E-state index contributed by atoms with van der Waals surface area (Å²) < 4.78 is 2.21. The fourth-order valence-electron chi connectivity index (χ4n) is 2.85. The molecule has 0 unspecified atom stereocenters. The number of benzene rings is 1. The average Bonchev–Trinajstić information content (AvgIpc) is 3.01.